The Balaban J connectivity index is 1.94. The van der Waals surface area contributed by atoms with E-state index in [4.69, 9.17) is 0 Å². The molecule has 2 rings (SSSR count). The molecule has 1 aromatic rings. The number of nitrogens with one attached hydrogen (secondary N) is 1. The van der Waals surface area contributed by atoms with Gasteiger partial charge in [0.1, 0.15) is 0 Å². The van der Waals surface area contributed by atoms with E-state index in [-0.39, 0.29) is 36.2 Å². The molecule has 1 aliphatic heterocycles. The minimum atomic E-state index is -0.317. The fourth-order valence-corrected chi connectivity index (χ4v) is 3.01. The number of carbonyl (C=O) groups is 3. The van der Waals surface area contributed by atoms with Crippen molar-refractivity contribution in [3.63, 3.8) is 0 Å². The molecule has 1 aromatic carbocycles. The number of hydrogen-bond acceptors (Lipinski definition) is 3. The van der Waals surface area contributed by atoms with E-state index in [1.807, 2.05) is 52.0 Å². The Morgan fingerprint density at radius 2 is 1.85 bits per heavy atom. The molecule has 142 valence electrons. The lowest BCUT2D eigenvalue weighted by Crippen LogP contribution is -2.47. The van der Waals surface area contributed by atoms with Crippen LogP contribution in [0.4, 0.5) is 5.69 Å². The number of carbonyl (C=O) groups excluding carboxylic acids is 3. The second-order valence-electron chi connectivity index (χ2n) is 7.70. The Hall–Kier alpha value is -2.37. The Labute approximate surface area is 155 Å². The average Bonchev–Trinajstić information content (AvgIpc) is 2.97. The highest BCUT2D eigenvalue weighted by Crippen LogP contribution is 2.21. The summed E-state index contributed by atoms with van der Waals surface area (Å²) < 4.78 is 0. The van der Waals surface area contributed by atoms with Gasteiger partial charge in [-0.05, 0) is 51.8 Å². The van der Waals surface area contributed by atoms with Crippen molar-refractivity contribution in [3.05, 3.63) is 29.8 Å². The van der Waals surface area contributed by atoms with Crippen molar-refractivity contribution in [1.82, 2.24) is 10.2 Å². The van der Waals surface area contributed by atoms with E-state index in [1.165, 1.54) is 0 Å². The van der Waals surface area contributed by atoms with Crippen molar-refractivity contribution in [3.8, 4) is 0 Å². The molecular weight excluding hydrogens is 330 g/mol. The smallest absolute Gasteiger partial charge is 0.240 e. The van der Waals surface area contributed by atoms with Crippen molar-refractivity contribution in [2.24, 2.45) is 0 Å². The van der Waals surface area contributed by atoms with Crippen molar-refractivity contribution in [1.29, 1.82) is 0 Å². The Bertz CT molecular complexity index is 662. The van der Waals surface area contributed by atoms with Crippen molar-refractivity contribution >= 4 is 23.4 Å². The molecule has 1 heterocycles. The van der Waals surface area contributed by atoms with E-state index < -0.39 is 0 Å². The van der Waals surface area contributed by atoms with Gasteiger partial charge in [0.25, 0.3) is 0 Å². The minimum absolute atomic E-state index is 0.0625. The summed E-state index contributed by atoms with van der Waals surface area (Å²) in [4.78, 5) is 39.7. The topological polar surface area (TPSA) is 69.7 Å². The van der Waals surface area contributed by atoms with Crippen LogP contribution in [0, 0.1) is 0 Å². The van der Waals surface area contributed by atoms with Crippen molar-refractivity contribution < 1.29 is 14.4 Å². The summed E-state index contributed by atoms with van der Waals surface area (Å²) in [6.45, 7) is 8.90. The fourth-order valence-electron chi connectivity index (χ4n) is 3.01. The van der Waals surface area contributed by atoms with Gasteiger partial charge in [0.2, 0.25) is 17.7 Å². The maximum atomic E-state index is 12.5. The molecule has 6 heteroatoms. The molecule has 0 unspecified atom stereocenters. The molecule has 6 nitrogen and oxygen atoms in total. The normalized spacial score (nSPS) is 14.5. The lowest BCUT2D eigenvalue weighted by Gasteiger charge is -2.25. The standard InChI is InChI=1S/C20H29N3O3/c1-5-22(14-17(24)21-20(2,3)4)19(26)13-15-8-10-16(11-9-15)23-12-6-7-18(23)25/h8-11H,5-7,12-14H2,1-4H3,(H,21,24). The van der Waals surface area contributed by atoms with Gasteiger partial charge in [0, 0.05) is 30.7 Å². The number of hydrogen-bond donors (Lipinski definition) is 1. The van der Waals surface area contributed by atoms with E-state index >= 15 is 0 Å². The average molecular weight is 359 g/mol. The molecule has 0 spiro atoms. The predicted octanol–water partition coefficient (Wildman–Crippen LogP) is 2.12. The number of likely N-dealkylation sites (N-methyl/N-ethyl adjacent to an activating group) is 1. The molecule has 1 N–H and O–H groups in total. The van der Waals surface area contributed by atoms with E-state index in [9.17, 15) is 14.4 Å². The molecule has 3 amide bonds. The number of amides is 3. The van der Waals surface area contributed by atoms with Crippen LogP contribution in [-0.4, -0.2) is 47.8 Å². The number of benzene rings is 1. The lowest BCUT2D eigenvalue weighted by molar-refractivity contribution is -0.135. The van der Waals surface area contributed by atoms with Crippen LogP contribution in [0.2, 0.25) is 0 Å². The summed E-state index contributed by atoms with van der Waals surface area (Å²) in [5.41, 5.74) is 1.43. The molecule has 0 bridgehead atoms. The molecule has 1 saturated heterocycles. The molecule has 1 aliphatic rings. The largest absolute Gasteiger partial charge is 0.350 e. The van der Waals surface area contributed by atoms with Gasteiger partial charge < -0.3 is 15.1 Å². The minimum Gasteiger partial charge on any atom is -0.350 e. The van der Waals surface area contributed by atoms with Gasteiger partial charge >= 0.3 is 0 Å². The summed E-state index contributed by atoms with van der Waals surface area (Å²) >= 11 is 0. The highest BCUT2D eigenvalue weighted by atomic mass is 16.2. The highest BCUT2D eigenvalue weighted by Gasteiger charge is 2.22. The van der Waals surface area contributed by atoms with Gasteiger partial charge in [-0.3, -0.25) is 14.4 Å². The van der Waals surface area contributed by atoms with Crippen molar-refractivity contribution in [2.45, 2.75) is 52.5 Å². The van der Waals surface area contributed by atoms with Gasteiger partial charge in [-0.15, -0.1) is 0 Å². The zero-order valence-electron chi connectivity index (χ0n) is 16.2. The first-order valence-corrected chi connectivity index (χ1v) is 9.17. The molecule has 0 aromatic heterocycles. The monoisotopic (exact) mass is 359 g/mol. The van der Waals surface area contributed by atoms with Crippen LogP contribution >= 0.6 is 0 Å². The molecule has 0 radical (unpaired) electrons. The molecule has 0 atom stereocenters. The maximum absolute atomic E-state index is 12.5. The molecule has 0 saturated carbocycles. The van der Waals surface area contributed by atoms with Gasteiger partial charge in [0.15, 0.2) is 0 Å². The Kier molecular flexibility index (Phi) is 6.40. The van der Waals surface area contributed by atoms with Crippen LogP contribution in [0.1, 0.15) is 46.1 Å². The van der Waals surface area contributed by atoms with E-state index in [2.05, 4.69) is 5.32 Å². The van der Waals surface area contributed by atoms with Crippen LogP contribution < -0.4 is 10.2 Å². The second kappa shape index (κ2) is 8.34. The first-order chi connectivity index (χ1) is 12.2. The third-order valence-electron chi connectivity index (χ3n) is 4.26. The summed E-state index contributed by atoms with van der Waals surface area (Å²) in [5, 5.41) is 2.88. The zero-order valence-corrected chi connectivity index (χ0v) is 16.2. The van der Waals surface area contributed by atoms with E-state index in [1.54, 1.807) is 9.80 Å². The Morgan fingerprint density at radius 3 is 2.35 bits per heavy atom. The van der Waals surface area contributed by atoms with Gasteiger partial charge in [-0.2, -0.15) is 0 Å². The van der Waals surface area contributed by atoms with Crippen LogP contribution in [0.25, 0.3) is 0 Å². The Morgan fingerprint density at radius 1 is 1.19 bits per heavy atom. The summed E-state index contributed by atoms with van der Waals surface area (Å²) in [7, 11) is 0. The molecule has 1 fully saturated rings. The van der Waals surface area contributed by atoms with Crippen LogP contribution in [0.5, 0.6) is 0 Å². The zero-order chi connectivity index (χ0) is 19.3. The molecule has 0 aliphatic carbocycles. The van der Waals surface area contributed by atoms with Gasteiger partial charge in [0.05, 0.1) is 13.0 Å². The predicted molar refractivity (Wildman–Crippen MR) is 102 cm³/mol. The third kappa shape index (κ3) is 5.58. The molecule has 26 heavy (non-hydrogen) atoms. The number of nitrogens with zero attached hydrogens (tertiary/aromatic N) is 2. The van der Waals surface area contributed by atoms with Crippen LogP contribution in [-0.2, 0) is 20.8 Å². The lowest BCUT2D eigenvalue weighted by atomic mass is 10.1. The SMILES string of the molecule is CCN(CC(=O)NC(C)(C)C)C(=O)Cc1ccc(N2CCCC2=O)cc1. The number of anilines is 1. The van der Waals surface area contributed by atoms with Crippen molar-refractivity contribution in [2.75, 3.05) is 24.5 Å². The first-order valence-electron chi connectivity index (χ1n) is 9.17. The fraction of sp³-hybridized carbons (Fsp3) is 0.550. The van der Waals surface area contributed by atoms with Gasteiger partial charge in [-0.1, -0.05) is 12.1 Å². The van der Waals surface area contributed by atoms with E-state index in [0.29, 0.717) is 13.0 Å². The maximum Gasteiger partial charge on any atom is 0.240 e. The third-order valence-corrected chi connectivity index (χ3v) is 4.26. The van der Waals surface area contributed by atoms with E-state index in [0.717, 1.165) is 24.2 Å². The molecular formula is C20H29N3O3. The number of rotatable bonds is 6. The quantitative estimate of drug-likeness (QED) is 0.846. The highest BCUT2D eigenvalue weighted by molar-refractivity contribution is 5.95. The first kappa shape index (κ1) is 19.9. The summed E-state index contributed by atoms with van der Waals surface area (Å²) in [6, 6.07) is 7.52. The summed E-state index contributed by atoms with van der Waals surface area (Å²) in [5.74, 6) is -0.0898. The second-order valence-corrected chi connectivity index (χ2v) is 7.70. The van der Waals surface area contributed by atoms with Crippen LogP contribution in [0.3, 0.4) is 0 Å². The van der Waals surface area contributed by atoms with Crippen LogP contribution in [0.15, 0.2) is 24.3 Å². The van der Waals surface area contributed by atoms with Gasteiger partial charge in [-0.25, -0.2) is 0 Å². The summed E-state index contributed by atoms with van der Waals surface area (Å²) in [6.07, 6.45) is 1.73.